The third-order valence-corrected chi connectivity index (χ3v) is 5.96. The predicted molar refractivity (Wildman–Crippen MR) is 117 cm³/mol. The number of piperidine rings is 1. The van der Waals surface area contributed by atoms with Gasteiger partial charge in [0, 0.05) is 18.8 Å². The van der Waals surface area contributed by atoms with Crippen LogP contribution in [0.25, 0.3) is 0 Å². The Labute approximate surface area is 176 Å². The minimum atomic E-state index is -0.885. The Kier molecular flexibility index (Phi) is 9.05. The third-order valence-electron chi connectivity index (χ3n) is 4.47. The van der Waals surface area contributed by atoms with Crippen LogP contribution in [0.1, 0.15) is 33.6 Å². The Balaban J connectivity index is 1.72. The van der Waals surface area contributed by atoms with E-state index in [2.05, 4.69) is 17.1 Å². The summed E-state index contributed by atoms with van der Waals surface area (Å²) in [5, 5.41) is 2.72. The van der Waals surface area contributed by atoms with Crippen LogP contribution in [-0.2, 0) is 14.3 Å². The van der Waals surface area contributed by atoms with Gasteiger partial charge in [0.1, 0.15) is 10.1 Å². The highest BCUT2D eigenvalue weighted by atomic mass is 32.2. The summed E-state index contributed by atoms with van der Waals surface area (Å²) in [5.74, 6) is 0.730. The average molecular weight is 425 g/mol. The van der Waals surface area contributed by atoms with Crippen LogP contribution in [0.5, 0.6) is 5.75 Å². The molecule has 0 bridgehead atoms. The van der Waals surface area contributed by atoms with E-state index in [9.17, 15) is 9.59 Å². The second-order valence-corrected chi connectivity index (χ2v) is 8.41. The number of nitrogens with zero attached hydrogens (tertiary/aromatic N) is 1. The fraction of sp³-hybridized carbons (Fsp3) is 0.550. The van der Waals surface area contributed by atoms with Crippen molar-refractivity contribution in [2.75, 3.05) is 30.8 Å². The Bertz CT molecular complexity index is 673. The summed E-state index contributed by atoms with van der Waals surface area (Å²) in [7, 11) is 0. The molecule has 0 unspecified atom stereocenters. The molecule has 154 valence electrons. The molecule has 1 aliphatic heterocycles. The number of likely N-dealkylation sites (tertiary alicyclic amines) is 1. The lowest BCUT2D eigenvalue weighted by molar-refractivity contribution is -0.150. The van der Waals surface area contributed by atoms with Gasteiger partial charge in [-0.3, -0.25) is 9.59 Å². The van der Waals surface area contributed by atoms with Crippen molar-refractivity contribution in [3.05, 3.63) is 24.3 Å². The van der Waals surface area contributed by atoms with Gasteiger partial charge in [0.2, 0.25) is 0 Å². The van der Waals surface area contributed by atoms with Crippen molar-refractivity contribution in [3.8, 4) is 5.75 Å². The first kappa shape index (κ1) is 22.5. The van der Waals surface area contributed by atoms with E-state index >= 15 is 0 Å². The van der Waals surface area contributed by atoms with Crippen molar-refractivity contribution in [2.24, 2.45) is 5.92 Å². The number of anilines is 1. The first-order valence-corrected chi connectivity index (χ1v) is 10.9. The Morgan fingerprint density at radius 3 is 2.54 bits per heavy atom. The molecule has 1 aromatic rings. The molecule has 1 aromatic carbocycles. The first-order valence-electron chi connectivity index (χ1n) is 9.54. The maximum Gasteiger partial charge on any atom is 0.317 e. The zero-order chi connectivity index (χ0) is 20.5. The number of esters is 1. The van der Waals surface area contributed by atoms with Gasteiger partial charge in [-0.25, -0.2) is 0 Å². The van der Waals surface area contributed by atoms with Crippen LogP contribution in [0.2, 0.25) is 0 Å². The fourth-order valence-corrected chi connectivity index (χ4v) is 3.77. The molecule has 0 aliphatic carbocycles. The third kappa shape index (κ3) is 7.31. The number of hydrogen-bond acceptors (Lipinski definition) is 6. The van der Waals surface area contributed by atoms with Crippen LogP contribution in [0.4, 0.5) is 5.69 Å². The molecule has 0 saturated carbocycles. The van der Waals surface area contributed by atoms with Gasteiger partial charge >= 0.3 is 5.97 Å². The number of nitrogens with one attached hydrogen (secondary N) is 1. The largest absolute Gasteiger partial charge is 0.494 e. The maximum atomic E-state index is 12.2. The van der Waals surface area contributed by atoms with Crippen LogP contribution >= 0.6 is 24.0 Å². The molecule has 1 fully saturated rings. The van der Waals surface area contributed by atoms with E-state index in [0.29, 0.717) is 12.3 Å². The quantitative estimate of drug-likeness (QED) is 0.529. The number of ether oxygens (including phenoxy) is 2. The van der Waals surface area contributed by atoms with E-state index in [0.717, 1.165) is 41.9 Å². The highest BCUT2D eigenvalue weighted by Crippen LogP contribution is 2.20. The number of hydrogen-bond donors (Lipinski definition) is 1. The average Bonchev–Trinajstić information content (AvgIpc) is 2.68. The van der Waals surface area contributed by atoms with Gasteiger partial charge < -0.3 is 19.7 Å². The predicted octanol–water partition coefficient (Wildman–Crippen LogP) is 3.71. The Hall–Kier alpha value is -1.80. The second kappa shape index (κ2) is 11.3. The van der Waals surface area contributed by atoms with Gasteiger partial charge in [0.05, 0.1) is 12.4 Å². The van der Waals surface area contributed by atoms with Crippen molar-refractivity contribution < 1.29 is 19.1 Å². The molecule has 28 heavy (non-hydrogen) atoms. The second-order valence-electron chi connectivity index (χ2n) is 6.80. The molecule has 0 radical (unpaired) electrons. The van der Waals surface area contributed by atoms with Crippen LogP contribution in [0.15, 0.2) is 24.3 Å². The molecule has 1 amide bonds. The Morgan fingerprint density at radius 1 is 1.29 bits per heavy atom. The molecular weight excluding hydrogens is 396 g/mol. The summed E-state index contributed by atoms with van der Waals surface area (Å²) in [4.78, 5) is 26.4. The Morgan fingerprint density at radius 2 is 1.93 bits per heavy atom. The summed E-state index contributed by atoms with van der Waals surface area (Å²) in [6.45, 7) is 8.15. The fourth-order valence-electron chi connectivity index (χ4n) is 2.73. The van der Waals surface area contributed by atoms with Crippen LogP contribution in [-0.4, -0.2) is 52.7 Å². The normalized spacial score (nSPS) is 15.6. The van der Waals surface area contributed by atoms with Crippen molar-refractivity contribution in [1.29, 1.82) is 0 Å². The van der Waals surface area contributed by atoms with Crippen molar-refractivity contribution in [2.45, 2.75) is 39.7 Å². The molecule has 2 rings (SSSR count). The molecule has 1 heterocycles. The lowest BCUT2D eigenvalue weighted by Gasteiger charge is -2.31. The van der Waals surface area contributed by atoms with Gasteiger partial charge in [-0.2, -0.15) is 0 Å². The van der Waals surface area contributed by atoms with Crippen molar-refractivity contribution >= 4 is 45.9 Å². The molecule has 6 nitrogen and oxygen atoms in total. The van der Waals surface area contributed by atoms with E-state index in [-0.39, 0.29) is 11.7 Å². The molecule has 1 atom stereocenters. The van der Waals surface area contributed by atoms with E-state index in [1.807, 2.05) is 6.92 Å². The number of benzene rings is 1. The smallest absolute Gasteiger partial charge is 0.317 e. The zero-order valence-corrected chi connectivity index (χ0v) is 18.2. The first-order chi connectivity index (χ1) is 13.4. The summed E-state index contributed by atoms with van der Waals surface area (Å²) < 4.78 is 11.3. The molecule has 1 aliphatic rings. The van der Waals surface area contributed by atoms with Gasteiger partial charge in [-0.15, -0.1) is 0 Å². The van der Waals surface area contributed by atoms with Gasteiger partial charge in [-0.1, -0.05) is 30.9 Å². The van der Waals surface area contributed by atoms with E-state index in [1.165, 1.54) is 11.8 Å². The SMILES string of the molecule is CCOc1ccc(NC(=O)[C@@H](C)OC(=O)CSC(=S)N2CCC(C)CC2)cc1. The van der Waals surface area contributed by atoms with E-state index < -0.39 is 12.1 Å². The number of thiocarbonyl (C=S) groups is 1. The summed E-state index contributed by atoms with van der Waals surface area (Å²) in [6, 6.07) is 7.03. The summed E-state index contributed by atoms with van der Waals surface area (Å²) >= 11 is 6.70. The van der Waals surface area contributed by atoms with Gasteiger partial charge in [0.15, 0.2) is 6.10 Å². The van der Waals surface area contributed by atoms with Crippen LogP contribution < -0.4 is 10.1 Å². The summed E-state index contributed by atoms with van der Waals surface area (Å²) in [5.41, 5.74) is 0.617. The highest BCUT2D eigenvalue weighted by molar-refractivity contribution is 8.23. The van der Waals surface area contributed by atoms with Crippen LogP contribution in [0, 0.1) is 5.92 Å². The maximum absolute atomic E-state index is 12.2. The number of rotatable bonds is 7. The monoisotopic (exact) mass is 424 g/mol. The molecule has 0 spiro atoms. The standard InChI is InChI=1S/C20H28N2O4S2/c1-4-25-17-7-5-16(6-8-17)21-19(24)15(3)26-18(23)13-28-20(27)22-11-9-14(2)10-12-22/h5-8,14-15H,4,9-13H2,1-3H3,(H,21,24)/t15-/m1/s1. The molecule has 8 heteroatoms. The molecule has 0 aromatic heterocycles. The zero-order valence-electron chi connectivity index (χ0n) is 16.6. The van der Waals surface area contributed by atoms with Crippen LogP contribution in [0.3, 0.4) is 0 Å². The molecular formula is C20H28N2O4S2. The minimum Gasteiger partial charge on any atom is -0.494 e. The minimum absolute atomic E-state index is 0.103. The lowest BCUT2D eigenvalue weighted by Crippen LogP contribution is -2.36. The van der Waals surface area contributed by atoms with E-state index in [1.54, 1.807) is 31.2 Å². The number of amides is 1. The van der Waals surface area contributed by atoms with Crippen molar-refractivity contribution in [3.63, 3.8) is 0 Å². The number of thioether (sulfide) groups is 1. The van der Waals surface area contributed by atoms with E-state index in [4.69, 9.17) is 21.7 Å². The van der Waals surface area contributed by atoms with Crippen molar-refractivity contribution in [1.82, 2.24) is 4.90 Å². The molecule has 1 saturated heterocycles. The van der Waals surface area contributed by atoms with Gasteiger partial charge in [0.25, 0.3) is 5.91 Å². The number of carbonyl (C=O) groups is 2. The lowest BCUT2D eigenvalue weighted by atomic mass is 10.00. The highest BCUT2D eigenvalue weighted by Gasteiger charge is 2.21. The number of carbonyl (C=O) groups excluding carboxylic acids is 2. The van der Waals surface area contributed by atoms with Gasteiger partial charge in [-0.05, 0) is 56.9 Å². The molecule has 1 N–H and O–H groups in total. The topological polar surface area (TPSA) is 67.9 Å². The summed E-state index contributed by atoms with van der Waals surface area (Å²) in [6.07, 6.45) is 1.35.